The molecule has 0 saturated heterocycles. The molecule has 140 valence electrons. The minimum absolute atomic E-state index is 0.179. The number of hydrogen-bond acceptors (Lipinski definition) is 3. The Labute approximate surface area is 167 Å². The SMILES string of the molecule is Cc1cccc(Cn2c(=O)cc(C(=O)NCc3cccs3)c3ccccc32)c1. The van der Waals surface area contributed by atoms with Gasteiger partial charge in [0.2, 0.25) is 0 Å². The molecular weight excluding hydrogens is 368 g/mol. The number of nitrogens with zero attached hydrogens (tertiary/aromatic N) is 1. The second-order valence-electron chi connectivity index (χ2n) is 6.75. The number of benzene rings is 2. The Morgan fingerprint density at radius 3 is 2.68 bits per heavy atom. The average molecular weight is 388 g/mol. The highest BCUT2D eigenvalue weighted by molar-refractivity contribution is 7.09. The summed E-state index contributed by atoms with van der Waals surface area (Å²) in [7, 11) is 0. The Morgan fingerprint density at radius 2 is 1.89 bits per heavy atom. The highest BCUT2D eigenvalue weighted by Crippen LogP contribution is 2.19. The van der Waals surface area contributed by atoms with Crippen LogP contribution < -0.4 is 10.9 Å². The van der Waals surface area contributed by atoms with Crippen molar-refractivity contribution in [2.45, 2.75) is 20.0 Å². The Kier molecular flexibility index (Phi) is 5.08. The second kappa shape index (κ2) is 7.82. The number of carbonyl (C=O) groups is 1. The first-order chi connectivity index (χ1) is 13.6. The molecule has 1 amide bonds. The third-order valence-corrected chi connectivity index (χ3v) is 5.57. The van der Waals surface area contributed by atoms with E-state index in [4.69, 9.17) is 0 Å². The quantitative estimate of drug-likeness (QED) is 0.553. The lowest BCUT2D eigenvalue weighted by molar-refractivity contribution is 0.0952. The molecule has 0 atom stereocenters. The molecule has 0 bridgehead atoms. The lowest BCUT2D eigenvalue weighted by Crippen LogP contribution is -2.27. The predicted octanol–water partition coefficient (Wildman–Crippen LogP) is 4.35. The van der Waals surface area contributed by atoms with Crippen LogP contribution in [0, 0.1) is 6.92 Å². The molecule has 2 aromatic carbocycles. The summed E-state index contributed by atoms with van der Waals surface area (Å²) in [4.78, 5) is 26.7. The standard InChI is InChI=1S/C23H20N2O2S/c1-16-6-4-7-17(12-16)15-25-21-10-3-2-9-19(21)20(13-22(25)26)23(27)24-14-18-8-5-11-28-18/h2-13H,14-15H2,1H3,(H,24,27). The number of carbonyl (C=O) groups excluding carboxylic acids is 1. The fourth-order valence-electron chi connectivity index (χ4n) is 3.35. The molecule has 4 rings (SSSR count). The minimum atomic E-state index is -0.232. The number of pyridine rings is 1. The van der Waals surface area contributed by atoms with Gasteiger partial charge in [0.25, 0.3) is 11.5 Å². The molecule has 4 aromatic rings. The Bertz CT molecular complexity index is 1190. The summed E-state index contributed by atoms with van der Waals surface area (Å²) < 4.78 is 1.72. The van der Waals surface area contributed by atoms with Crippen molar-refractivity contribution in [2.24, 2.45) is 0 Å². The maximum absolute atomic E-state index is 12.9. The molecule has 1 N–H and O–H groups in total. The first-order valence-corrected chi connectivity index (χ1v) is 9.98. The van der Waals surface area contributed by atoms with Crippen LogP contribution in [0.15, 0.2) is 76.9 Å². The normalized spacial score (nSPS) is 10.9. The number of fused-ring (bicyclic) bond motifs is 1. The smallest absolute Gasteiger partial charge is 0.252 e. The number of amides is 1. The Balaban J connectivity index is 1.72. The minimum Gasteiger partial charge on any atom is -0.347 e. The van der Waals surface area contributed by atoms with Crippen LogP contribution >= 0.6 is 11.3 Å². The van der Waals surface area contributed by atoms with Crippen LogP contribution in [0.2, 0.25) is 0 Å². The first kappa shape index (κ1) is 18.2. The van der Waals surface area contributed by atoms with Crippen LogP contribution in [0.4, 0.5) is 0 Å². The highest BCUT2D eigenvalue weighted by atomic mass is 32.1. The number of aromatic nitrogens is 1. The first-order valence-electron chi connectivity index (χ1n) is 9.10. The maximum atomic E-state index is 12.9. The predicted molar refractivity (Wildman–Crippen MR) is 114 cm³/mol. The summed E-state index contributed by atoms with van der Waals surface area (Å²) in [5.74, 6) is -0.232. The summed E-state index contributed by atoms with van der Waals surface area (Å²) >= 11 is 1.59. The molecule has 0 aliphatic rings. The van der Waals surface area contributed by atoms with E-state index in [1.54, 1.807) is 15.9 Å². The molecule has 5 heteroatoms. The van der Waals surface area contributed by atoms with Gasteiger partial charge in [-0.1, -0.05) is 54.1 Å². The van der Waals surface area contributed by atoms with Crippen molar-refractivity contribution in [3.8, 4) is 0 Å². The molecule has 0 spiro atoms. The molecule has 0 saturated carbocycles. The topological polar surface area (TPSA) is 51.1 Å². The number of hydrogen-bond donors (Lipinski definition) is 1. The van der Waals surface area contributed by atoms with Gasteiger partial charge in [-0.2, -0.15) is 0 Å². The largest absolute Gasteiger partial charge is 0.347 e. The van der Waals surface area contributed by atoms with Gasteiger partial charge < -0.3 is 9.88 Å². The van der Waals surface area contributed by atoms with Gasteiger partial charge in [-0.25, -0.2) is 0 Å². The van der Waals surface area contributed by atoms with Gasteiger partial charge in [0, 0.05) is 16.3 Å². The van der Waals surface area contributed by atoms with Crippen LogP contribution in [0.25, 0.3) is 10.9 Å². The van der Waals surface area contributed by atoms with E-state index in [0.717, 1.165) is 26.9 Å². The second-order valence-corrected chi connectivity index (χ2v) is 7.78. The van der Waals surface area contributed by atoms with Gasteiger partial charge >= 0.3 is 0 Å². The van der Waals surface area contributed by atoms with E-state index >= 15 is 0 Å². The van der Waals surface area contributed by atoms with E-state index in [9.17, 15) is 9.59 Å². The van der Waals surface area contributed by atoms with Gasteiger partial charge in [0.05, 0.1) is 24.2 Å². The van der Waals surface area contributed by atoms with E-state index in [1.807, 2.05) is 66.9 Å². The van der Waals surface area contributed by atoms with E-state index in [0.29, 0.717) is 18.7 Å². The van der Waals surface area contributed by atoms with E-state index < -0.39 is 0 Å². The van der Waals surface area contributed by atoms with E-state index in [1.165, 1.54) is 6.07 Å². The van der Waals surface area contributed by atoms with Gasteiger partial charge in [-0.3, -0.25) is 9.59 Å². The van der Waals surface area contributed by atoms with Crippen LogP contribution in [0.5, 0.6) is 0 Å². The zero-order valence-corrected chi connectivity index (χ0v) is 16.3. The van der Waals surface area contributed by atoms with E-state index in [-0.39, 0.29) is 11.5 Å². The van der Waals surface area contributed by atoms with E-state index in [2.05, 4.69) is 11.4 Å². The van der Waals surface area contributed by atoms with Crippen molar-refractivity contribution < 1.29 is 4.79 Å². The average Bonchev–Trinajstić information content (AvgIpc) is 3.22. The Hall–Kier alpha value is -3.18. The Morgan fingerprint density at radius 1 is 1.04 bits per heavy atom. The number of para-hydroxylation sites is 1. The summed E-state index contributed by atoms with van der Waals surface area (Å²) in [6, 6.07) is 21.0. The van der Waals surface area contributed by atoms with Crippen LogP contribution in [0.1, 0.15) is 26.4 Å². The number of rotatable bonds is 5. The fourth-order valence-corrected chi connectivity index (χ4v) is 4.00. The van der Waals surface area contributed by atoms with Gasteiger partial charge in [-0.15, -0.1) is 11.3 Å². The molecule has 0 aliphatic heterocycles. The van der Waals surface area contributed by atoms with Crippen molar-refractivity contribution in [2.75, 3.05) is 0 Å². The maximum Gasteiger partial charge on any atom is 0.252 e. The van der Waals surface area contributed by atoms with Crippen molar-refractivity contribution in [1.29, 1.82) is 0 Å². The molecule has 28 heavy (non-hydrogen) atoms. The molecule has 0 fully saturated rings. The monoisotopic (exact) mass is 388 g/mol. The molecule has 2 heterocycles. The third-order valence-electron chi connectivity index (χ3n) is 4.69. The number of thiophene rings is 1. The molecule has 0 radical (unpaired) electrons. The van der Waals surface area contributed by atoms with Gasteiger partial charge in [0.1, 0.15) is 0 Å². The highest BCUT2D eigenvalue weighted by Gasteiger charge is 2.15. The zero-order chi connectivity index (χ0) is 19.5. The molecule has 0 unspecified atom stereocenters. The summed E-state index contributed by atoms with van der Waals surface area (Å²) in [5.41, 5.74) is 3.21. The van der Waals surface area contributed by atoms with Crippen molar-refractivity contribution >= 4 is 28.1 Å². The molecule has 0 aliphatic carbocycles. The van der Waals surface area contributed by atoms with Crippen molar-refractivity contribution in [3.63, 3.8) is 0 Å². The van der Waals surface area contributed by atoms with Crippen molar-refractivity contribution in [3.05, 3.63) is 104 Å². The van der Waals surface area contributed by atoms with Crippen LogP contribution in [-0.4, -0.2) is 10.5 Å². The zero-order valence-electron chi connectivity index (χ0n) is 15.5. The van der Waals surface area contributed by atoms with Gasteiger partial charge in [0.15, 0.2) is 0 Å². The molecule has 4 nitrogen and oxygen atoms in total. The fraction of sp³-hybridized carbons (Fsp3) is 0.130. The number of aryl methyl sites for hydroxylation is 1. The summed E-state index contributed by atoms with van der Waals surface area (Å²) in [6.07, 6.45) is 0. The molecular formula is C23H20N2O2S. The third kappa shape index (κ3) is 3.75. The van der Waals surface area contributed by atoms with Crippen LogP contribution in [0.3, 0.4) is 0 Å². The lowest BCUT2D eigenvalue weighted by atomic mass is 10.1. The number of nitrogens with one attached hydrogen (secondary N) is 1. The summed E-state index contributed by atoms with van der Waals surface area (Å²) in [5, 5.41) is 5.67. The van der Waals surface area contributed by atoms with Crippen molar-refractivity contribution in [1.82, 2.24) is 9.88 Å². The van der Waals surface area contributed by atoms with Gasteiger partial charge in [-0.05, 0) is 30.0 Å². The van der Waals surface area contributed by atoms with Crippen LogP contribution in [-0.2, 0) is 13.1 Å². The molecule has 2 aromatic heterocycles. The lowest BCUT2D eigenvalue weighted by Gasteiger charge is -2.14. The summed E-state index contributed by atoms with van der Waals surface area (Å²) in [6.45, 7) is 2.96.